The second-order valence-electron chi connectivity index (χ2n) is 7.72. The van der Waals surface area contributed by atoms with E-state index in [1.807, 2.05) is 0 Å². The van der Waals surface area contributed by atoms with Gasteiger partial charge in [-0.05, 0) is 54.1 Å². The highest BCUT2D eigenvalue weighted by Crippen LogP contribution is 2.42. The van der Waals surface area contributed by atoms with E-state index in [9.17, 15) is 20.0 Å². The molecule has 1 amide bonds. The van der Waals surface area contributed by atoms with Crippen molar-refractivity contribution >= 4 is 17.8 Å². The number of esters is 1. The standard InChI is InChI=1S/C28H22N2O7/c1-34-19-11-7-17(8-12-19)25-22(15-29)27(37-26(25)18-9-13-20(35-2)14-10-18)30-24(32)16-36-28(33)21-5-3-4-6-23(21)31/h3-14,31H,16H2,1-2H3,(H,30,32). The van der Waals surface area contributed by atoms with E-state index >= 15 is 0 Å². The lowest BCUT2D eigenvalue weighted by Gasteiger charge is -2.06. The summed E-state index contributed by atoms with van der Waals surface area (Å²) in [5.74, 6) is -0.326. The number of phenolic OH excluding ortho intramolecular Hbond substituents is 1. The van der Waals surface area contributed by atoms with Gasteiger partial charge in [-0.25, -0.2) is 4.79 Å². The van der Waals surface area contributed by atoms with Crippen molar-refractivity contribution in [1.29, 1.82) is 5.26 Å². The molecule has 1 aromatic heterocycles. The Bertz CT molecular complexity index is 1470. The average Bonchev–Trinajstić information content (AvgIpc) is 3.29. The van der Waals surface area contributed by atoms with Crippen LogP contribution in [0, 0.1) is 11.3 Å². The SMILES string of the molecule is COc1ccc(-c2oc(NC(=O)COC(=O)c3ccccc3O)c(C#N)c2-c2ccc(OC)cc2)cc1. The van der Waals surface area contributed by atoms with Crippen molar-refractivity contribution in [3.63, 3.8) is 0 Å². The summed E-state index contributed by atoms with van der Waals surface area (Å²) in [5, 5.41) is 22.3. The van der Waals surface area contributed by atoms with Crippen LogP contribution < -0.4 is 14.8 Å². The van der Waals surface area contributed by atoms with Gasteiger partial charge in [-0.3, -0.25) is 10.1 Å². The molecule has 3 aromatic carbocycles. The minimum absolute atomic E-state index is 0.0744. The van der Waals surface area contributed by atoms with Crippen LogP contribution in [0.25, 0.3) is 22.5 Å². The van der Waals surface area contributed by atoms with E-state index in [0.717, 1.165) is 0 Å². The van der Waals surface area contributed by atoms with Gasteiger partial charge in [0.05, 0.1) is 14.2 Å². The summed E-state index contributed by atoms with van der Waals surface area (Å²) in [6, 6.07) is 22.0. The first-order chi connectivity index (χ1) is 17.9. The molecule has 0 saturated heterocycles. The van der Waals surface area contributed by atoms with Crippen LogP contribution in [0.2, 0.25) is 0 Å². The molecule has 37 heavy (non-hydrogen) atoms. The molecule has 0 spiro atoms. The fraction of sp³-hybridized carbons (Fsp3) is 0.107. The van der Waals surface area contributed by atoms with E-state index in [1.54, 1.807) is 74.9 Å². The molecule has 0 atom stereocenters. The van der Waals surface area contributed by atoms with Gasteiger partial charge in [-0.15, -0.1) is 0 Å². The summed E-state index contributed by atoms with van der Waals surface area (Å²) in [4.78, 5) is 24.8. The van der Waals surface area contributed by atoms with E-state index in [0.29, 0.717) is 33.9 Å². The highest BCUT2D eigenvalue weighted by molar-refractivity contribution is 5.98. The van der Waals surface area contributed by atoms with E-state index in [1.165, 1.54) is 12.1 Å². The lowest BCUT2D eigenvalue weighted by molar-refractivity contribution is -0.119. The minimum Gasteiger partial charge on any atom is -0.507 e. The number of nitrogens with one attached hydrogen (secondary N) is 1. The number of ether oxygens (including phenoxy) is 3. The Labute approximate surface area is 212 Å². The zero-order valence-electron chi connectivity index (χ0n) is 20.0. The number of amides is 1. The smallest absolute Gasteiger partial charge is 0.342 e. The van der Waals surface area contributed by atoms with E-state index in [4.69, 9.17) is 18.6 Å². The second kappa shape index (κ2) is 11.0. The number of hydrogen-bond acceptors (Lipinski definition) is 8. The Morgan fingerprint density at radius 2 is 1.51 bits per heavy atom. The first-order valence-corrected chi connectivity index (χ1v) is 11.1. The quantitative estimate of drug-likeness (QED) is 0.324. The van der Waals surface area contributed by atoms with Crippen LogP contribution in [0.15, 0.2) is 77.2 Å². The summed E-state index contributed by atoms with van der Waals surface area (Å²) >= 11 is 0. The van der Waals surface area contributed by atoms with Crippen LogP contribution in [-0.2, 0) is 9.53 Å². The maximum atomic E-state index is 12.6. The van der Waals surface area contributed by atoms with Gasteiger partial charge in [-0.1, -0.05) is 24.3 Å². The van der Waals surface area contributed by atoms with Crippen LogP contribution in [0.4, 0.5) is 5.88 Å². The topological polar surface area (TPSA) is 131 Å². The predicted molar refractivity (Wildman–Crippen MR) is 134 cm³/mol. The molecule has 0 saturated carbocycles. The first-order valence-electron chi connectivity index (χ1n) is 11.1. The number of para-hydroxylation sites is 1. The van der Waals surface area contributed by atoms with E-state index < -0.39 is 18.5 Å². The maximum absolute atomic E-state index is 12.6. The molecule has 186 valence electrons. The summed E-state index contributed by atoms with van der Waals surface area (Å²) in [5.41, 5.74) is 1.80. The van der Waals surface area contributed by atoms with Crippen molar-refractivity contribution < 1.29 is 33.3 Å². The van der Waals surface area contributed by atoms with Crippen molar-refractivity contribution in [3.05, 3.63) is 83.9 Å². The number of phenols is 1. The van der Waals surface area contributed by atoms with E-state index in [-0.39, 0.29) is 22.8 Å². The molecular weight excluding hydrogens is 476 g/mol. The summed E-state index contributed by atoms with van der Waals surface area (Å²) in [7, 11) is 3.11. The third-order valence-corrected chi connectivity index (χ3v) is 5.46. The normalized spacial score (nSPS) is 10.3. The van der Waals surface area contributed by atoms with Gasteiger partial charge in [0.25, 0.3) is 5.91 Å². The summed E-state index contributed by atoms with van der Waals surface area (Å²) in [6.07, 6.45) is 0. The Morgan fingerprint density at radius 1 is 0.919 bits per heavy atom. The number of anilines is 1. The number of nitrogens with zero attached hydrogens (tertiary/aromatic N) is 1. The minimum atomic E-state index is -0.869. The molecule has 0 radical (unpaired) electrons. The van der Waals surface area contributed by atoms with Gasteiger partial charge in [0.15, 0.2) is 6.61 Å². The molecule has 0 unspecified atom stereocenters. The highest BCUT2D eigenvalue weighted by atomic mass is 16.5. The third-order valence-electron chi connectivity index (χ3n) is 5.46. The van der Waals surface area contributed by atoms with Gasteiger partial charge in [0, 0.05) is 11.1 Å². The van der Waals surface area contributed by atoms with Crippen LogP contribution >= 0.6 is 0 Å². The number of carbonyl (C=O) groups excluding carboxylic acids is 2. The molecule has 0 aliphatic carbocycles. The van der Waals surface area contributed by atoms with Crippen molar-refractivity contribution in [2.45, 2.75) is 0 Å². The average molecular weight is 498 g/mol. The predicted octanol–water partition coefficient (Wildman–Crippen LogP) is 5.00. The Kier molecular flexibility index (Phi) is 7.40. The zero-order valence-corrected chi connectivity index (χ0v) is 20.0. The molecule has 0 bridgehead atoms. The number of rotatable bonds is 8. The number of benzene rings is 3. The van der Waals surface area contributed by atoms with Crippen LogP contribution in [0.3, 0.4) is 0 Å². The van der Waals surface area contributed by atoms with Crippen LogP contribution in [0.1, 0.15) is 15.9 Å². The summed E-state index contributed by atoms with van der Waals surface area (Å²) in [6.45, 7) is -0.658. The molecule has 1 heterocycles. The van der Waals surface area contributed by atoms with Gasteiger partial charge < -0.3 is 23.7 Å². The molecule has 4 aromatic rings. The van der Waals surface area contributed by atoms with Gasteiger partial charge in [0.1, 0.15) is 40.2 Å². The highest BCUT2D eigenvalue weighted by Gasteiger charge is 2.25. The van der Waals surface area contributed by atoms with Crippen molar-refractivity contribution in [2.24, 2.45) is 0 Å². The number of nitriles is 1. The number of hydrogen-bond donors (Lipinski definition) is 2. The van der Waals surface area contributed by atoms with Crippen molar-refractivity contribution in [2.75, 3.05) is 26.1 Å². The lowest BCUT2D eigenvalue weighted by atomic mass is 9.98. The molecule has 0 aliphatic heterocycles. The fourth-order valence-corrected chi connectivity index (χ4v) is 3.62. The molecular formula is C28H22N2O7. The zero-order chi connectivity index (χ0) is 26.4. The molecule has 4 rings (SSSR count). The second-order valence-corrected chi connectivity index (χ2v) is 7.72. The third kappa shape index (κ3) is 5.39. The van der Waals surface area contributed by atoms with Crippen molar-refractivity contribution in [1.82, 2.24) is 0 Å². The maximum Gasteiger partial charge on any atom is 0.342 e. The van der Waals surface area contributed by atoms with E-state index in [2.05, 4.69) is 11.4 Å². The van der Waals surface area contributed by atoms with Crippen LogP contribution in [-0.4, -0.2) is 37.8 Å². The van der Waals surface area contributed by atoms with Gasteiger partial charge >= 0.3 is 5.97 Å². The molecule has 0 aliphatic rings. The molecule has 2 N–H and O–H groups in total. The first kappa shape index (κ1) is 24.9. The Balaban J connectivity index is 1.65. The van der Waals surface area contributed by atoms with Crippen molar-refractivity contribution in [3.8, 4) is 45.8 Å². The number of aromatic hydroxyl groups is 1. The Hall–Kier alpha value is -5.23. The van der Waals surface area contributed by atoms with Crippen LogP contribution in [0.5, 0.6) is 17.2 Å². The molecule has 9 nitrogen and oxygen atoms in total. The number of furan rings is 1. The Morgan fingerprint density at radius 3 is 2.08 bits per heavy atom. The fourth-order valence-electron chi connectivity index (χ4n) is 3.62. The molecule has 9 heteroatoms. The lowest BCUT2D eigenvalue weighted by Crippen LogP contribution is -2.21. The molecule has 0 fully saturated rings. The van der Waals surface area contributed by atoms with Gasteiger partial charge in [0.2, 0.25) is 5.88 Å². The number of carbonyl (C=O) groups is 2. The summed E-state index contributed by atoms with van der Waals surface area (Å²) < 4.78 is 21.4. The largest absolute Gasteiger partial charge is 0.507 e. The monoisotopic (exact) mass is 498 g/mol. The number of methoxy groups -OCH3 is 2. The van der Waals surface area contributed by atoms with Gasteiger partial charge in [-0.2, -0.15) is 5.26 Å².